The number of aliphatic hydroxyl groups excluding tert-OH is 1. The molecule has 2 unspecified atom stereocenters. The van der Waals surface area contributed by atoms with E-state index in [2.05, 4.69) is 12.2 Å². The highest BCUT2D eigenvalue weighted by Crippen LogP contribution is 2.19. The van der Waals surface area contributed by atoms with Gasteiger partial charge in [-0.1, -0.05) is 13.3 Å². The number of hydrogen-bond acceptors (Lipinski definition) is 2. The van der Waals surface area contributed by atoms with Crippen molar-refractivity contribution in [3.05, 3.63) is 0 Å². The quantitative estimate of drug-likeness (QED) is 0.609. The Morgan fingerprint density at radius 2 is 2.40 bits per heavy atom. The maximum absolute atomic E-state index is 8.71. The molecule has 2 nitrogen and oxygen atoms in total. The Bertz CT molecular complexity index is 91.3. The van der Waals surface area contributed by atoms with E-state index in [1.54, 1.807) is 0 Å². The normalized spacial score (nSPS) is 27.6. The fraction of sp³-hybridized carbons (Fsp3) is 1.00. The van der Waals surface area contributed by atoms with Crippen molar-refractivity contribution in [1.29, 1.82) is 0 Å². The monoisotopic (exact) mass is 143 g/mol. The van der Waals surface area contributed by atoms with E-state index in [1.807, 2.05) is 0 Å². The van der Waals surface area contributed by atoms with Gasteiger partial charge in [0, 0.05) is 12.6 Å². The summed E-state index contributed by atoms with van der Waals surface area (Å²) in [7, 11) is 0. The van der Waals surface area contributed by atoms with Crippen LogP contribution < -0.4 is 5.32 Å². The molecular weight excluding hydrogens is 126 g/mol. The fourth-order valence-electron chi connectivity index (χ4n) is 1.57. The van der Waals surface area contributed by atoms with Gasteiger partial charge in [-0.05, 0) is 25.3 Å². The van der Waals surface area contributed by atoms with Crippen molar-refractivity contribution in [2.24, 2.45) is 5.92 Å². The van der Waals surface area contributed by atoms with Crippen molar-refractivity contribution in [1.82, 2.24) is 5.32 Å². The summed E-state index contributed by atoms with van der Waals surface area (Å²) in [5, 5.41) is 12.1. The third kappa shape index (κ3) is 1.70. The van der Waals surface area contributed by atoms with E-state index in [9.17, 15) is 0 Å². The zero-order valence-corrected chi connectivity index (χ0v) is 6.64. The lowest BCUT2D eigenvalue weighted by Crippen LogP contribution is -2.48. The molecule has 60 valence electrons. The van der Waals surface area contributed by atoms with Gasteiger partial charge in [0.2, 0.25) is 0 Å². The third-order valence-electron chi connectivity index (χ3n) is 2.46. The topological polar surface area (TPSA) is 32.3 Å². The molecule has 0 bridgehead atoms. The predicted octanol–water partition coefficient (Wildman–Crippen LogP) is 0.757. The molecule has 1 heterocycles. The standard InChI is InChI=1S/C8H17NO/c1-2-7(4-6-10)8-3-5-9-8/h7-10H,2-6H2,1H3. The van der Waals surface area contributed by atoms with E-state index in [0.29, 0.717) is 18.6 Å². The van der Waals surface area contributed by atoms with Gasteiger partial charge < -0.3 is 10.4 Å². The van der Waals surface area contributed by atoms with E-state index in [1.165, 1.54) is 19.4 Å². The molecule has 0 saturated carbocycles. The van der Waals surface area contributed by atoms with Crippen LogP contribution in [0.25, 0.3) is 0 Å². The second kappa shape index (κ2) is 3.94. The van der Waals surface area contributed by atoms with Crippen molar-refractivity contribution in [2.45, 2.75) is 32.2 Å². The molecule has 1 saturated heterocycles. The zero-order chi connectivity index (χ0) is 7.40. The molecule has 2 heteroatoms. The number of rotatable bonds is 4. The summed E-state index contributed by atoms with van der Waals surface area (Å²) in [5.41, 5.74) is 0. The molecule has 0 aromatic heterocycles. The fourth-order valence-corrected chi connectivity index (χ4v) is 1.57. The maximum Gasteiger partial charge on any atom is 0.0434 e. The number of hydrogen-bond donors (Lipinski definition) is 2. The molecule has 10 heavy (non-hydrogen) atoms. The van der Waals surface area contributed by atoms with Crippen molar-refractivity contribution in [3.63, 3.8) is 0 Å². The van der Waals surface area contributed by atoms with E-state index < -0.39 is 0 Å². The molecule has 1 fully saturated rings. The SMILES string of the molecule is CCC(CCO)C1CCN1. The van der Waals surface area contributed by atoms with E-state index in [0.717, 1.165) is 6.42 Å². The van der Waals surface area contributed by atoms with E-state index in [-0.39, 0.29) is 0 Å². The highest BCUT2D eigenvalue weighted by molar-refractivity contribution is 4.83. The zero-order valence-electron chi connectivity index (χ0n) is 6.64. The minimum absolute atomic E-state index is 0.344. The van der Waals surface area contributed by atoms with Crippen molar-refractivity contribution in [2.75, 3.05) is 13.2 Å². The molecule has 2 atom stereocenters. The Labute approximate surface area is 62.6 Å². The van der Waals surface area contributed by atoms with Crippen LogP contribution in [0.1, 0.15) is 26.2 Å². The van der Waals surface area contributed by atoms with Crippen molar-refractivity contribution >= 4 is 0 Å². The minimum Gasteiger partial charge on any atom is -0.396 e. The molecule has 0 aromatic carbocycles. The van der Waals surface area contributed by atoms with Crippen LogP contribution in [0, 0.1) is 5.92 Å². The van der Waals surface area contributed by atoms with E-state index >= 15 is 0 Å². The Morgan fingerprint density at radius 1 is 1.70 bits per heavy atom. The van der Waals surface area contributed by atoms with E-state index in [4.69, 9.17) is 5.11 Å². The van der Waals surface area contributed by atoms with Gasteiger partial charge in [0.05, 0.1) is 0 Å². The average molecular weight is 143 g/mol. The summed E-state index contributed by atoms with van der Waals surface area (Å²) in [6, 6.07) is 0.706. The first kappa shape index (κ1) is 8.02. The molecular formula is C8H17NO. The summed E-state index contributed by atoms with van der Waals surface area (Å²) < 4.78 is 0. The number of aliphatic hydroxyl groups is 1. The minimum atomic E-state index is 0.344. The molecule has 0 aromatic rings. The number of nitrogens with one attached hydrogen (secondary N) is 1. The van der Waals surface area contributed by atoms with Gasteiger partial charge in [-0.2, -0.15) is 0 Å². The second-order valence-electron chi connectivity index (χ2n) is 3.03. The Kier molecular flexibility index (Phi) is 3.16. The maximum atomic E-state index is 8.71. The Morgan fingerprint density at radius 3 is 2.70 bits per heavy atom. The summed E-state index contributed by atoms with van der Waals surface area (Å²) in [6.07, 6.45) is 3.46. The van der Waals surface area contributed by atoms with Crippen LogP contribution in [-0.4, -0.2) is 24.3 Å². The van der Waals surface area contributed by atoms with Gasteiger partial charge in [0.1, 0.15) is 0 Å². The van der Waals surface area contributed by atoms with Crippen LogP contribution in [0.3, 0.4) is 0 Å². The average Bonchev–Trinajstić information content (AvgIpc) is 1.83. The predicted molar refractivity (Wildman–Crippen MR) is 41.9 cm³/mol. The Balaban J connectivity index is 2.17. The Hall–Kier alpha value is -0.0800. The van der Waals surface area contributed by atoms with Gasteiger partial charge in [-0.15, -0.1) is 0 Å². The molecule has 1 aliphatic heterocycles. The highest BCUT2D eigenvalue weighted by atomic mass is 16.3. The second-order valence-corrected chi connectivity index (χ2v) is 3.03. The van der Waals surface area contributed by atoms with Crippen LogP contribution in [0.15, 0.2) is 0 Å². The van der Waals surface area contributed by atoms with Gasteiger partial charge >= 0.3 is 0 Å². The smallest absolute Gasteiger partial charge is 0.0434 e. The largest absolute Gasteiger partial charge is 0.396 e. The van der Waals surface area contributed by atoms with Gasteiger partial charge in [-0.3, -0.25) is 0 Å². The highest BCUT2D eigenvalue weighted by Gasteiger charge is 2.24. The first-order valence-corrected chi connectivity index (χ1v) is 4.22. The van der Waals surface area contributed by atoms with Crippen LogP contribution in [0.4, 0.5) is 0 Å². The molecule has 0 radical (unpaired) electrons. The van der Waals surface area contributed by atoms with Crippen LogP contribution in [-0.2, 0) is 0 Å². The molecule has 0 aliphatic carbocycles. The van der Waals surface area contributed by atoms with Crippen LogP contribution in [0.5, 0.6) is 0 Å². The van der Waals surface area contributed by atoms with Gasteiger partial charge in [0.15, 0.2) is 0 Å². The third-order valence-corrected chi connectivity index (χ3v) is 2.46. The molecule has 2 N–H and O–H groups in total. The van der Waals surface area contributed by atoms with Crippen LogP contribution in [0.2, 0.25) is 0 Å². The van der Waals surface area contributed by atoms with Crippen molar-refractivity contribution < 1.29 is 5.11 Å². The summed E-state index contributed by atoms with van der Waals surface area (Å²) in [4.78, 5) is 0. The van der Waals surface area contributed by atoms with Gasteiger partial charge in [-0.25, -0.2) is 0 Å². The van der Waals surface area contributed by atoms with Gasteiger partial charge in [0.25, 0.3) is 0 Å². The summed E-state index contributed by atoms with van der Waals surface area (Å²) in [6.45, 7) is 3.71. The van der Waals surface area contributed by atoms with Crippen LogP contribution >= 0.6 is 0 Å². The lowest BCUT2D eigenvalue weighted by Gasteiger charge is -2.34. The summed E-state index contributed by atoms with van der Waals surface area (Å²) in [5.74, 6) is 0.707. The first-order chi connectivity index (χ1) is 4.88. The molecule has 1 aliphatic rings. The molecule has 0 spiro atoms. The van der Waals surface area contributed by atoms with Crippen molar-refractivity contribution in [3.8, 4) is 0 Å². The summed E-state index contributed by atoms with van der Waals surface area (Å²) >= 11 is 0. The first-order valence-electron chi connectivity index (χ1n) is 4.22. The lowest BCUT2D eigenvalue weighted by molar-refractivity contribution is 0.191. The lowest BCUT2D eigenvalue weighted by atomic mass is 9.87. The molecule has 1 rings (SSSR count). The molecule has 0 amide bonds.